The fourth-order valence-electron chi connectivity index (χ4n) is 0.861. The predicted molar refractivity (Wildman–Crippen MR) is 55.3 cm³/mol. The van der Waals surface area contributed by atoms with Crippen molar-refractivity contribution in [2.45, 2.75) is 65.6 Å². The van der Waals surface area contributed by atoms with Gasteiger partial charge in [-0.2, -0.15) is 0 Å². The highest BCUT2D eigenvalue weighted by atomic mass is 14.0. The molecule has 0 heterocycles. The van der Waals surface area contributed by atoms with Gasteiger partial charge in [-0.15, -0.1) is 0 Å². The summed E-state index contributed by atoms with van der Waals surface area (Å²) in [6.45, 7) is 8.37. The van der Waals surface area contributed by atoms with Crippen LogP contribution in [0.1, 0.15) is 59.8 Å². The van der Waals surface area contributed by atoms with Crippen molar-refractivity contribution >= 4 is 7.85 Å². The van der Waals surface area contributed by atoms with E-state index in [0.717, 1.165) is 6.42 Å². The second-order valence-electron chi connectivity index (χ2n) is 2.66. The number of rotatable bonds is 5. The molecule has 0 aliphatic rings. The Balaban J connectivity index is 0. The summed E-state index contributed by atoms with van der Waals surface area (Å²) in [5.74, 6) is 0.455. The zero-order valence-electron chi connectivity index (χ0n) is 8.69. The van der Waals surface area contributed by atoms with Crippen LogP contribution < -0.4 is 0 Å². The van der Waals surface area contributed by atoms with Crippen molar-refractivity contribution in [3.8, 4) is 0 Å². The lowest BCUT2D eigenvalue weighted by atomic mass is 9.81. The van der Waals surface area contributed by atoms with E-state index >= 15 is 0 Å². The van der Waals surface area contributed by atoms with Gasteiger partial charge < -0.3 is 0 Å². The third-order valence-corrected chi connectivity index (χ3v) is 1.70. The van der Waals surface area contributed by atoms with E-state index in [1.54, 1.807) is 0 Å². The summed E-state index contributed by atoms with van der Waals surface area (Å²) < 4.78 is 0. The summed E-state index contributed by atoms with van der Waals surface area (Å²) in [6.07, 6.45) is 6.30. The van der Waals surface area contributed by atoms with Crippen LogP contribution in [0.3, 0.4) is 0 Å². The molecule has 0 amide bonds. The van der Waals surface area contributed by atoms with Crippen LogP contribution in [0.15, 0.2) is 0 Å². The number of hydrogen-bond acceptors (Lipinski definition) is 0. The van der Waals surface area contributed by atoms with E-state index in [-0.39, 0.29) is 0 Å². The highest BCUT2D eigenvalue weighted by Crippen LogP contribution is 2.14. The first kappa shape index (κ1) is 13.6. The molecule has 0 aromatic carbocycles. The minimum atomic E-state index is 0.455. The largest absolute Gasteiger partial charge is 0.0776 e. The van der Waals surface area contributed by atoms with E-state index in [2.05, 4.69) is 13.8 Å². The summed E-state index contributed by atoms with van der Waals surface area (Å²) in [6, 6.07) is 0. The lowest BCUT2D eigenvalue weighted by Crippen LogP contribution is -1.89. The van der Waals surface area contributed by atoms with Gasteiger partial charge in [-0.3, -0.25) is 0 Å². The van der Waals surface area contributed by atoms with E-state index in [1.807, 2.05) is 13.8 Å². The first-order valence-electron chi connectivity index (χ1n) is 5.06. The van der Waals surface area contributed by atoms with Crippen molar-refractivity contribution in [1.82, 2.24) is 0 Å². The zero-order valence-corrected chi connectivity index (χ0v) is 8.69. The van der Waals surface area contributed by atoms with E-state index < -0.39 is 0 Å². The number of hydrogen-bond donors (Lipinski definition) is 0. The Morgan fingerprint density at radius 2 is 1.64 bits per heavy atom. The molecule has 1 atom stereocenters. The van der Waals surface area contributed by atoms with Gasteiger partial charge in [-0.05, 0) is 0 Å². The molecular weight excluding hydrogens is 131 g/mol. The van der Waals surface area contributed by atoms with Crippen LogP contribution in [0.2, 0.25) is 5.82 Å². The minimum absolute atomic E-state index is 0.455. The maximum absolute atomic E-state index is 5.71. The van der Waals surface area contributed by atoms with Crippen LogP contribution >= 0.6 is 0 Å². The van der Waals surface area contributed by atoms with Crippen molar-refractivity contribution in [3.63, 3.8) is 0 Å². The first-order chi connectivity index (χ1) is 5.31. The Bertz CT molecular complexity index is 52.8. The highest BCUT2D eigenvalue weighted by molar-refractivity contribution is 6.11. The smallest absolute Gasteiger partial charge is 0.0699 e. The third-order valence-electron chi connectivity index (χ3n) is 1.70. The van der Waals surface area contributed by atoms with Crippen molar-refractivity contribution in [2.75, 3.05) is 0 Å². The van der Waals surface area contributed by atoms with Crippen LogP contribution in [-0.4, -0.2) is 7.85 Å². The maximum atomic E-state index is 5.71. The van der Waals surface area contributed by atoms with Gasteiger partial charge in [-0.25, -0.2) is 0 Å². The van der Waals surface area contributed by atoms with Gasteiger partial charge >= 0.3 is 0 Å². The second kappa shape index (κ2) is 12.7. The standard InChI is InChI=1S/C8H17B.C2H6/c1-3-5-6-7-8(9)4-2;1-2/h8H,3-7H2,1-2H3;1-2H3. The molecule has 0 aliphatic carbocycles. The number of unbranched alkanes of at least 4 members (excludes halogenated alkanes) is 2. The molecule has 1 unspecified atom stereocenters. The lowest BCUT2D eigenvalue weighted by molar-refractivity contribution is 0.624. The van der Waals surface area contributed by atoms with Crippen molar-refractivity contribution in [3.05, 3.63) is 0 Å². The van der Waals surface area contributed by atoms with Crippen molar-refractivity contribution < 1.29 is 0 Å². The van der Waals surface area contributed by atoms with Crippen molar-refractivity contribution in [2.24, 2.45) is 0 Å². The summed E-state index contributed by atoms with van der Waals surface area (Å²) in [5.41, 5.74) is 0. The molecule has 0 bridgehead atoms. The van der Waals surface area contributed by atoms with Gasteiger partial charge in [-0.1, -0.05) is 65.6 Å². The quantitative estimate of drug-likeness (QED) is 0.415. The Kier molecular flexibility index (Phi) is 15.8. The molecule has 0 spiro atoms. The summed E-state index contributed by atoms with van der Waals surface area (Å²) in [4.78, 5) is 0. The van der Waals surface area contributed by atoms with Crippen LogP contribution in [-0.2, 0) is 0 Å². The van der Waals surface area contributed by atoms with Gasteiger partial charge in [0, 0.05) is 0 Å². The molecule has 1 heteroatoms. The molecule has 0 aromatic heterocycles. The van der Waals surface area contributed by atoms with Crippen molar-refractivity contribution in [1.29, 1.82) is 0 Å². The first-order valence-corrected chi connectivity index (χ1v) is 5.06. The molecule has 0 rings (SSSR count). The van der Waals surface area contributed by atoms with E-state index in [0.29, 0.717) is 5.82 Å². The van der Waals surface area contributed by atoms with Gasteiger partial charge in [0.05, 0.1) is 7.85 Å². The normalized spacial score (nSPS) is 11.6. The average molecular weight is 154 g/mol. The minimum Gasteiger partial charge on any atom is -0.0776 e. The summed E-state index contributed by atoms with van der Waals surface area (Å²) in [5, 5.41) is 0. The Labute approximate surface area is 74.2 Å². The molecule has 0 aromatic rings. The Hall–Kier alpha value is 0.0649. The Morgan fingerprint density at radius 3 is 2.00 bits per heavy atom. The van der Waals surface area contributed by atoms with Gasteiger partial charge in [0.1, 0.15) is 0 Å². The maximum Gasteiger partial charge on any atom is 0.0699 e. The molecule has 0 N–H and O–H groups in total. The third kappa shape index (κ3) is 13.1. The predicted octanol–water partition coefficient (Wildman–Crippen LogP) is 3.96. The molecule has 0 saturated heterocycles. The fraction of sp³-hybridized carbons (Fsp3) is 1.00. The lowest BCUT2D eigenvalue weighted by Gasteiger charge is -2.05. The molecule has 2 radical (unpaired) electrons. The molecule has 0 saturated carbocycles. The zero-order chi connectivity index (χ0) is 9.11. The van der Waals surface area contributed by atoms with E-state index in [1.165, 1.54) is 25.7 Å². The van der Waals surface area contributed by atoms with Gasteiger partial charge in [0.15, 0.2) is 0 Å². The van der Waals surface area contributed by atoms with Gasteiger partial charge in [0.25, 0.3) is 0 Å². The average Bonchev–Trinajstić information content (AvgIpc) is 2.08. The fourth-order valence-corrected chi connectivity index (χ4v) is 0.861. The van der Waals surface area contributed by atoms with E-state index in [4.69, 9.17) is 7.85 Å². The molecule has 11 heavy (non-hydrogen) atoms. The molecular formula is C10H23B. The topological polar surface area (TPSA) is 0 Å². The molecule has 0 fully saturated rings. The monoisotopic (exact) mass is 154 g/mol. The molecule has 0 aliphatic heterocycles. The second-order valence-corrected chi connectivity index (χ2v) is 2.66. The summed E-state index contributed by atoms with van der Waals surface area (Å²) in [7, 11) is 5.71. The Morgan fingerprint density at radius 1 is 1.09 bits per heavy atom. The highest BCUT2D eigenvalue weighted by Gasteiger charge is 1.95. The van der Waals surface area contributed by atoms with Crippen LogP contribution in [0.25, 0.3) is 0 Å². The summed E-state index contributed by atoms with van der Waals surface area (Å²) >= 11 is 0. The van der Waals surface area contributed by atoms with Crippen LogP contribution in [0, 0.1) is 0 Å². The SMILES string of the molecule is CC.[B]C(CC)CCCCC. The van der Waals surface area contributed by atoms with Crippen LogP contribution in [0.4, 0.5) is 0 Å². The van der Waals surface area contributed by atoms with Crippen LogP contribution in [0.5, 0.6) is 0 Å². The molecule has 66 valence electrons. The van der Waals surface area contributed by atoms with Gasteiger partial charge in [0.2, 0.25) is 0 Å². The van der Waals surface area contributed by atoms with E-state index in [9.17, 15) is 0 Å². The molecule has 0 nitrogen and oxygen atoms in total.